The number of fused-ring (bicyclic) bond motifs is 1. The van der Waals surface area contributed by atoms with E-state index in [0.717, 1.165) is 60.2 Å². The number of imidazole rings is 1. The van der Waals surface area contributed by atoms with E-state index in [1.807, 2.05) is 36.2 Å². The molecule has 7 nitrogen and oxygen atoms in total. The topological polar surface area (TPSA) is 71.5 Å². The van der Waals surface area contributed by atoms with Crippen LogP contribution in [0.4, 0.5) is 5.82 Å². The number of aromatic nitrogens is 5. The molecule has 138 valence electrons. The first-order valence-corrected chi connectivity index (χ1v) is 9.19. The molecule has 3 aromatic heterocycles. The van der Waals surface area contributed by atoms with Crippen LogP contribution in [0, 0.1) is 26.7 Å². The summed E-state index contributed by atoms with van der Waals surface area (Å²) >= 11 is 0. The smallest absolute Gasteiger partial charge is 0.160 e. The summed E-state index contributed by atoms with van der Waals surface area (Å²) in [6, 6.07) is 2.11. The van der Waals surface area contributed by atoms with Gasteiger partial charge in [0, 0.05) is 49.9 Å². The van der Waals surface area contributed by atoms with E-state index in [9.17, 15) is 5.11 Å². The van der Waals surface area contributed by atoms with Crippen molar-refractivity contribution < 1.29 is 5.11 Å². The Labute approximate surface area is 153 Å². The molecule has 0 spiro atoms. The lowest BCUT2D eigenvalue weighted by Gasteiger charge is -2.35. The molecule has 1 saturated heterocycles. The van der Waals surface area contributed by atoms with Crippen molar-refractivity contribution in [3.63, 3.8) is 0 Å². The maximum atomic E-state index is 10.7. The Morgan fingerprint density at radius 3 is 2.58 bits per heavy atom. The second kappa shape index (κ2) is 6.39. The van der Waals surface area contributed by atoms with Crippen molar-refractivity contribution >= 4 is 11.5 Å². The van der Waals surface area contributed by atoms with Gasteiger partial charge in [0.15, 0.2) is 5.65 Å². The highest BCUT2D eigenvalue weighted by Crippen LogP contribution is 2.32. The average molecular weight is 354 g/mol. The van der Waals surface area contributed by atoms with Crippen LogP contribution in [0.5, 0.6) is 0 Å². The molecular weight excluding hydrogens is 328 g/mol. The molecule has 7 heteroatoms. The van der Waals surface area contributed by atoms with Crippen LogP contribution < -0.4 is 4.90 Å². The van der Waals surface area contributed by atoms with Crippen molar-refractivity contribution in [3.8, 4) is 0 Å². The Hall–Kier alpha value is -2.41. The molecule has 0 saturated carbocycles. The number of piperidine rings is 1. The van der Waals surface area contributed by atoms with Gasteiger partial charge >= 0.3 is 0 Å². The highest BCUT2D eigenvalue weighted by Gasteiger charge is 2.29. The van der Waals surface area contributed by atoms with Crippen molar-refractivity contribution in [2.75, 3.05) is 18.0 Å². The minimum Gasteiger partial charge on any atom is -0.385 e. The maximum Gasteiger partial charge on any atom is 0.160 e. The van der Waals surface area contributed by atoms with E-state index in [0.29, 0.717) is 0 Å². The summed E-state index contributed by atoms with van der Waals surface area (Å²) in [5.41, 5.74) is 4.10. The molecule has 1 atom stereocenters. The highest BCUT2D eigenvalue weighted by atomic mass is 16.3. The van der Waals surface area contributed by atoms with Crippen LogP contribution in [0.1, 0.15) is 41.7 Å². The molecule has 0 bridgehead atoms. The molecule has 3 aromatic rings. The Morgan fingerprint density at radius 2 is 1.92 bits per heavy atom. The predicted molar refractivity (Wildman–Crippen MR) is 100 cm³/mol. The summed E-state index contributed by atoms with van der Waals surface area (Å²) < 4.78 is 3.87. The third kappa shape index (κ3) is 2.76. The zero-order chi connectivity index (χ0) is 18.4. The molecule has 0 radical (unpaired) electrons. The van der Waals surface area contributed by atoms with E-state index in [4.69, 9.17) is 0 Å². The molecule has 1 aliphatic heterocycles. The number of hydrogen-bond donors (Lipinski definition) is 1. The number of anilines is 1. The quantitative estimate of drug-likeness (QED) is 0.782. The molecule has 0 aromatic carbocycles. The second-order valence-corrected chi connectivity index (χ2v) is 7.37. The minimum atomic E-state index is -0.509. The minimum absolute atomic E-state index is 0.229. The zero-order valence-corrected chi connectivity index (χ0v) is 15.8. The SMILES string of the molecule is Cc1cc(N2CCC(C(O)c3nccn3C)CC2)n2nc(C)c(C)c2n1. The molecule has 0 amide bonds. The van der Waals surface area contributed by atoms with Gasteiger partial charge in [-0.25, -0.2) is 9.97 Å². The lowest BCUT2D eigenvalue weighted by Crippen LogP contribution is -2.37. The molecule has 4 heterocycles. The number of hydrogen-bond acceptors (Lipinski definition) is 5. The Balaban J connectivity index is 1.56. The largest absolute Gasteiger partial charge is 0.385 e. The van der Waals surface area contributed by atoms with Crippen LogP contribution >= 0.6 is 0 Å². The van der Waals surface area contributed by atoms with Gasteiger partial charge in [0.1, 0.15) is 17.7 Å². The zero-order valence-electron chi connectivity index (χ0n) is 15.8. The van der Waals surface area contributed by atoms with Crippen LogP contribution in [-0.4, -0.2) is 42.3 Å². The molecule has 26 heavy (non-hydrogen) atoms. The van der Waals surface area contributed by atoms with E-state index in [1.165, 1.54) is 0 Å². The number of aliphatic hydroxyl groups is 1. The van der Waals surface area contributed by atoms with Gasteiger partial charge in [-0.15, -0.1) is 0 Å². The molecule has 1 N–H and O–H groups in total. The summed E-state index contributed by atoms with van der Waals surface area (Å²) in [5, 5.41) is 15.4. The van der Waals surface area contributed by atoms with Crippen LogP contribution in [0.3, 0.4) is 0 Å². The summed E-state index contributed by atoms with van der Waals surface area (Å²) in [7, 11) is 1.93. The highest BCUT2D eigenvalue weighted by molar-refractivity contribution is 5.57. The molecular formula is C19H26N6O. The fourth-order valence-electron chi connectivity index (χ4n) is 3.87. The number of aryl methyl sites for hydroxylation is 4. The fraction of sp³-hybridized carbons (Fsp3) is 0.526. The second-order valence-electron chi connectivity index (χ2n) is 7.37. The van der Waals surface area contributed by atoms with Crippen molar-refractivity contribution in [2.45, 2.75) is 39.7 Å². The van der Waals surface area contributed by atoms with Crippen LogP contribution in [-0.2, 0) is 7.05 Å². The van der Waals surface area contributed by atoms with Crippen molar-refractivity contribution in [3.05, 3.63) is 41.2 Å². The van der Waals surface area contributed by atoms with Gasteiger partial charge in [0.05, 0.1) is 5.69 Å². The Bertz CT molecular complexity index is 935. The number of nitrogens with zero attached hydrogens (tertiary/aromatic N) is 6. The first kappa shape index (κ1) is 17.0. The van der Waals surface area contributed by atoms with E-state index in [2.05, 4.69) is 33.0 Å². The third-order valence-corrected chi connectivity index (χ3v) is 5.60. The van der Waals surface area contributed by atoms with Gasteiger partial charge in [-0.3, -0.25) is 0 Å². The molecule has 1 aliphatic rings. The fourth-order valence-corrected chi connectivity index (χ4v) is 3.87. The molecule has 0 aliphatic carbocycles. The number of rotatable bonds is 3. The van der Waals surface area contributed by atoms with E-state index in [-0.39, 0.29) is 5.92 Å². The molecule has 4 rings (SSSR count). The first-order chi connectivity index (χ1) is 12.5. The van der Waals surface area contributed by atoms with Gasteiger partial charge in [-0.05, 0) is 39.5 Å². The summed E-state index contributed by atoms with van der Waals surface area (Å²) in [6.45, 7) is 7.91. The van der Waals surface area contributed by atoms with Crippen LogP contribution in [0.25, 0.3) is 5.65 Å². The van der Waals surface area contributed by atoms with Crippen molar-refractivity contribution in [2.24, 2.45) is 13.0 Å². The predicted octanol–water partition coefficient (Wildman–Crippen LogP) is 2.34. The standard InChI is InChI=1S/C19H26N6O/c1-12-11-16(25-18(21-12)13(2)14(3)22-25)24-8-5-15(6-9-24)17(26)19-20-7-10-23(19)4/h7,10-11,15,17,26H,5-6,8-9H2,1-4H3. The van der Waals surface area contributed by atoms with E-state index in [1.54, 1.807) is 6.20 Å². The summed E-state index contributed by atoms with van der Waals surface area (Å²) in [6.07, 6.45) is 4.97. The van der Waals surface area contributed by atoms with Crippen LogP contribution in [0.15, 0.2) is 18.5 Å². The van der Waals surface area contributed by atoms with Gasteiger partial charge in [-0.2, -0.15) is 9.61 Å². The molecule has 1 unspecified atom stereocenters. The van der Waals surface area contributed by atoms with Gasteiger partial charge < -0.3 is 14.6 Å². The first-order valence-electron chi connectivity index (χ1n) is 9.19. The third-order valence-electron chi connectivity index (χ3n) is 5.60. The number of aliphatic hydroxyl groups excluding tert-OH is 1. The Kier molecular flexibility index (Phi) is 4.19. The van der Waals surface area contributed by atoms with Crippen molar-refractivity contribution in [1.29, 1.82) is 0 Å². The average Bonchev–Trinajstić information content (AvgIpc) is 3.18. The van der Waals surface area contributed by atoms with Gasteiger partial charge in [0.25, 0.3) is 0 Å². The Morgan fingerprint density at radius 1 is 1.19 bits per heavy atom. The van der Waals surface area contributed by atoms with Crippen LogP contribution in [0.2, 0.25) is 0 Å². The van der Waals surface area contributed by atoms with Gasteiger partial charge in [-0.1, -0.05) is 0 Å². The summed E-state index contributed by atoms with van der Waals surface area (Å²) in [5.74, 6) is 2.07. The normalized spacial score (nSPS) is 17.2. The van der Waals surface area contributed by atoms with E-state index >= 15 is 0 Å². The van der Waals surface area contributed by atoms with Gasteiger partial charge in [0.2, 0.25) is 0 Å². The monoisotopic (exact) mass is 354 g/mol. The van der Waals surface area contributed by atoms with Crippen molar-refractivity contribution in [1.82, 2.24) is 24.1 Å². The molecule has 1 fully saturated rings. The maximum absolute atomic E-state index is 10.7. The lowest BCUT2D eigenvalue weighted by atomic mass is 9.90. The van der Waals surface area contributed by atoms with E-state index < -0.39 is 6.10 Å². The summed E-state index contributed by atoms with van der Waals surface area (Å²) in [4.78, 5) is 11.3. The lowest BCUT2D eigenvalue weighted by molar-refractivity contribution is 0.0823.